The summed E-state index contributed by atoms with van der Waals surface area (Å²) in [7, 11) is 0. The van der Waals surface area contributed by atoms with E-state index in [-0.39, 0.29) is 5.88 Å². The van der Waals surface area contributed by atoms with E-state index in [9.17, 15) is 0 Å². The average molecular weight is 300 g/mol. The third kappa shape index (κ3) is 3.54. The summed E-state index contributed by atoms with van der Waals surface area (Å²) >= 11 is 11.8. The van der Waals surface area contributed by atoms with Crippen molar-refractivity contribution in [1.29, 1.82) is 0 Å². The number of hydrogen-bond donors (Lipinski definition) is 1. The summed E-state index contributed by atoms with van der Waals surface area (Å²) in [6.45, 7) is 3.29. The minimum atomic E-state index is 0.224. The van der Waals surface area contributed by atoms with E-state index in [0.717, 1.165) is 17.9 Å². The van der Waals surface area contributed by atoms with Crippen LogP contribution >= 0.6 is 23.2 Å². The number of amidine groups is 1. The van der Waals surface area contributed by atoms with Crippen LogP contribution in [0, 0.1) is 0 Å². The highest BCUT2D eigenvalue weighted by atomic mass is 35.5. The lowest BCUT2D eigenvalue weighted by Gasteiger charge is -2.36. The van der Waals surface area contributed by atoms with Gasteiger partial charge in [0.05, 0.1) is 17.3 Å². The Morgan fingerprint density at radius 2 is 2.26 bits per heavy atom. The standard InChI is InChI=1S/C14H19Cl2N3/c1-10-4-2-3-7-19(10)13-6-5-11(16)8-12(13)18-14(17)9-15/h5-6,8,10H,2-4,7,9H2,1H3,(H2,17,18). The maximum atomic E-state index is 6.06. The smallest absolute Gasteiger partial charge is 0.115 e. The molecule has 2 rings (SSSR count). The Labute approximate surface area is 124 Å². The molecule has 104 valence electrons. The van der Waals surface area contributed by atoms with Crippen molar-refractivity contribution >= 4 is 40.4 Å². The maximum Gasteiger partial charge on any atom is 0.115 e. The molecule has 0 amide bonds. The van der Waals surface area contributed by atoms with Gasteiger partial charge >= 0.3 is 0 Å². The van der Waals surface area contributed by atoms with Gasteiger partial charge in [-0.3, -0.25) is 0 Å². The van der Waals surface area contributed by atoms with Crippen LogP contribution in [0.4, 0.5) is 11.4 Å². The van der Waals surface area contributed by atoms with Gasteiger partial charge in [-0.1, -0.05) is 11.6 Å². The third-order valence-electron chi connectivity index (χ3n) is 3.45. The van der Waals surface area contributed by atoms with Gasteiger partial charge < -0.3 is 10.6 Å². The van der Waals surface area contributed by atoms with Crippen molar-refractivity contribution in [2.75, 3.05) is 17.3 Å². The van der Waals surface area contributed by atoms with E-state index in [4.69, 9.17) is 28.9 Å². The Kier molecular flexibility index (Phi) is 4.94. The van der Waals surface area contributed by atoms with E-state index in [2.05, 4.69) is 16.8 Å². The van der Waals surface area contributed by atoms with Gasteiger partial charge in [0.25, 0.3) is 0 Å². The molecule has 1 aliphatic rings. The minimum Gasteiger partial charge on any atom is -0.386 e. The molecule has 0 aliphatic carbocycles. The molecule has 0 saturated carbocycles. The van der Waals surface area contributed by atoms with Gasteiger partial charge in [0, 0.05) is 17.6 Å². The number of piperidine rings is 1. The van der Waals surface area contributed by atoms with Crippen LogP contribution in [0.25, 0.3) is 0 Å². The summed E-state index contributed by atoms with van der Waals surface area (Å²) < 4.78 is 0. The van der Waals surface area contributed by atoms with E-state index in [1.165, 1.54) is 19.3 Å². The number of rotatable bonds is 3. The molecule has 1 aliphatic heterocycles. The Morgan fingerprint density at radius 3 is 2.95 bits per heavy atom. The van der Waals surface area contributed by atoms with Crippen LogP contribution in [0.1, 0.15) is 26.2 Å². The van der Waals surface area contributed by atoms with Crippen molar-refractivity contribution in [2.24, 2.45) is 10.7 Å². The molecule has 1 fully saturated rings. The Balaban J connectivity index is 2.38. The van der Waals surface area contributed by atoms with Crippen LogP contribution in [0.3, 0.4) is 0 Å². The molecular formula is C14H19Cl2N3. The largest absolute Gasteiger partial charge is 0.386 e. The van der Waals surface area contributed by atoms with E-state index in [1.807, 2.05) is 18.2 Å². The molecule has 0 spiro atoms. The average Bonchev–Trinajstić information content (AvgIpc) is 2.40. The number of nitrogens with two attached hydrogens (primary N) is 1. The topological polar surface area (TPSA) is 41.6 Å². The summed E-state index contributed by atoms with van der Waals surface area (Å²) in [4.78, 5) is 6.76. The summed E-state index contributed by atoms with van der Waals surface area (Å²) in [5, 5.41) is 0.662. The molecular weight excluding hydrogens is 281 g/mol. The van der Waals surface area contributed by atoms with Crippen LogP contribution in [-0.4, -0.2) is 24.3 Å². The fourth-order valence-corrected chi connectivity index (χ4v) is 2.70. The molecule has 2 N–H and O–H groups in total. The lowest BCUT2D eigenvalue weighted by molar-refractivity contribution is 0.485. The number of alkyl halides is 1. The number of benzene rings is 1. The van der Waals surface area contributed by atoms with E-state index < -0.39 is 0 Å². The van der Waals surface area contributed by atoms with Gasteiger partial charge in [0.15, 0.2) is 0 Å². The van der Waals surface area contributed by atoms with Gasteiger partial charge in [-0.05, 0) is 44.4 Å². The Hall–Kier alpha value is -0.930. The van der Waals surface area contributed by atoms with Crippen molar-refractivity contribution < 1.29 is 0 Å². The fraction of sp³-hybridized carbons (Fsp3) is 0.500. The molecule has 0 aromatic heterocycles. The quantitative estimate of drug-likeness (QED) is 0.522. The molecule has 1 aromatic rings. The first-order valence-electron chi connectivity index (χ1n) is 6.57. The van der Waals surface area contributed by atoms with Gasteiger partial charge in [-0.25, -0.2) is 4.99 Å². The van der Waals surface area contributed by atoms with Gasteiger partial charge in [-0.15, -0.1) is 11.6 Å². The second-order valence-electron chi connectivity index (χ2n) is 4.91. The number of anilines is 1. The SMILES string of the molecule is CC1CCCCN1c1ccc(Cl)cc1N=C(N)CCl. The molecule has 1 heterocycles. The maximum absolute atomic E-state index is 6.06. The zero-order valence-electron chi connectivity index (χ0n) is 11.1. The Bertz CT molecular complexity index is 474. The van der Waals surface area contributed by atoms with Crippen molar-refractivity contribution in [1.82, 2.24) is 0 Å². The van der Waals surface area contributed by atoms with Gasteiger partial charge in [0.2, 0.25) is 0 Å². The highest BCUT2D eigenvalue weighted by Crippen LogP contribution is 2.35. The fourth-order valence-electron chi connectivity index (χ4n) is 2.47. The first-order valence-corrected chi connectivity index (χ1v) is 7.48. The molecule has 1 atom stereocenters. The molecule has 1 unspecified atom stereocenters. The molecule has 3 nitrogen and oxygen atoms in total. The minimum absolute atomic E-state index is 0.224. The number of hydrogen-bond acceptors (Lipinski definition) is 2. The molecule has 5 heteroatoms. The monoisotopic (exact) mass is 299 g/mol. The number of aliphatic imine (C=N–C) groups is 1. The highest BCUT2D eigenvalue weighted by Gasteiger charge is 2.21. The lowest BCUT2D eigenvalue weighted by Crippen LogP contribution is -2.37. The predicted octanol–water partition coefficient (Wildman–Crippen LogP) is 3.95. The summed E-state index contributed by atoms with van der Waals surface area (Å²) in [5.74, 6) is 0.636. The predicted molar refractivity (Wildman–Crippen MR) is 84.1 cm³/mol. The number of halogens is 2. The van der Waals surface area contributed by atoms with E-state index in [1.54, 1.807) is 0 Å². The number of nitrogens with zero attached hydrogens (tertiary/aromatic N) is 2. The summed E-state index contributed by atoms with van der Waals surface area (Å²) in [6.07, 6.45) is 3.70. The first-order chi connectivity index (χ1) is 9.11. The van der Waals surface area contributed by atoms with Crippen molar-refractivity contribution in [3.63, 3.8) is 0 Å². The van der Waals surface area contributed by atoms with Crippen molar-refractivity contribution in [2.45, 2.75) is 32.2 Å². The van der Waals surface area contributed by atoms with Gasteiger partial charge in [-0.2, -0.15) is 0 Å². The van der Waals surface area contributed by atoms with Crippen LogP contribution in [0.2, 0.25) is 5.02 Å². The molecule has 1 saturated heterocycles. The van der Waals surface area contributed by atoms with Crippen LogP contribution in [0.5, 0.6) is 0 Å². The highest BCUT2D eigenvalue weighted by molar-refractivity contribution is 6.31. The lowest BCUT2D eigenvalue weighted by atomic mass is 10.0. The van der Waals surface area contributed by atoms with Crippen LogP contribution in [0.15, 0.2) is 23.2 Å². The second-order valence-corrected chi connectivity index (χ2v) is 5.61. The first kappa shape index (κ1) is 14.5. The zero-order valence-corrected chi connectivity index (χ0v) is 12.6. The summed E-state index contributed by atoms with van der Waals surface area (Å²) in [5.41, 5.74) is 7.64. The van der Waals surface area contributed by atoms with Crippen LogP contribution < -0.4 is 10.6 Å². The Morgan fingerprint density at radius 1 is 1.47 bits per heavy atom. The normalized spacial score (nSPS) is 20.7. The van der Waals surface area contributed by atoms with E-state index in [0.29, 0.717) is 16.9 Å². The second kappa shape index (κ2) is 6.49. The molecule has 0 radical (unpaired) electrons. The van der Waals surface area contributed by atoms with Crippen molar-refractivity contribution in [3.8, 4) is 0 Å². The van der Waals surface area contributed by atoms with E-state index >= 15 is 0 Å². The zero-order chi connectivity index (χ0) is 13.8. The van der Waals surface area contributed by atoms with Crippen LogP contribution in [-0.2, 0) is 0 Å². The molecule has 1 aromatic carbocycles. The van der Waals surface area contributed by atoms with Gasteiger partial charge in [0.1, 0.15) is 5.84 Å². The van der Waals surface area contributed by atoms with Crippen molar-refractivity contribution in [3.05, 3.63) is 23.2 Å². The molecule has 0 bridgehead atoms. The third-order valence-corrected chi connectivity index (χ3v) is 3.96. The summed E-state index contributed by atoms with van der Waals surface area (Å²) in [6, 6.07) is 6.28. The molecule has 19 heavy (non-hydrogen) atoms.